The fourth-order valence-corrected chi connectivity index (χ4v) is 1.75. The first-order valence-electron chi connectivity index (χ1n) is 6.15. The van der Waals surface area contributed by atoms with Gasteiger partial charge in [-0.2, -0.15) is 0 Å². The number of pyridine rings is 1. The number of methoxy groups -OCH3 is 1. The lowest BCUT2D eigenvalue weighted by atomic mass is 10.2. The number of aliphatic hydroxyl groups is 1. The second kappa shape index (κ2) is 6.67. The van der Waals surface area contributed by atoms with Crippen LogP contribution in [0.2, 0.25) is 0 Å². The first-order valence-corrected chi connectivity index (χ1v) is 6.15. The molecule has 0 aliphatic carbocycles. The fourth-order valence-electron chi connectivity index (χ4n) is 1.75. The fraction of sp³-hybridized carbons (Fsp3) is 0.214. The number of hydrogen-bond acceptors (Lipinski definition) is 6. The Bertz CT molecular complexity index is 645. The van der Waals surface area contributed by atoms with Crippen molar-refractivity contribution < 1.29 is 19.5 Å². The minimum atomic E-state index is -0.521. The van der Waals surface area contributed by atoms with Gasteiger partial charge in [0.1, 0.15) is 12.4 Å². The highest BCUT2D eigenvalue weighted by Gasteiger charge is 2.11. The summed E-state index contributed by atoms with van der Waals surface area (Å²) < 4.78 is 10.6. The minimum absolute atomic E-state index is 0.0918. The lowest BCUT2D eigenvalue weighted by molar-refractivity contribution is -0.385. The van der Waals surface area contributed by atoms with Crippen LogP contribution in [-0.2, 0) is 13.2 Å². The summed E-state index contributed by atoms with van der Waals surface area (Å²) in [6.45, 7) is -0.176. The molecule has 0 amide bonds. The van der Waals surface area contributed by atoms with Gasteiger partial charge in [-0.3, -0.25) is 10.1 Å². The van der Waals surface area contributed by atoms with E-state index in [4.69, 9.17) is 9.47 Å². The van der Waals surface area contributed by atoms with Crippen molar-refractivity contribution >= 4 is 5.69 Å². The summed E-state index contributed by atoms with van der Waals surface area (Å²) in [6, 6.07) is 9.35. The van der Waals surface area contributed by atoms with Crippen LogP contribution in [0.3, 0.4) is 0 Å². The SMILES string of the molecule is COc1cccc(COc2ccc([N+](=O)[O-])cc2CO)n1. The molecule has 0 saturated carbocycles. The zero-order valence-corrected chi connectivity index (χ0v) is 11.4. The summed E-state index contributed by atoms with van der Waals surface area (Å²) in [5.74, 6) is 0.856. The Morgan fingerprint density at radius 3 is 2.81 bits per heavy atom. The van der Waals surface area contributed by atoms with Crippen molar-refractivity contribution in [1.29, 1.82) is 0 Å². The molecule has 7 heteroatoms. The smallest absolute Gasteiger partial charge is 0.270 e. The van der Waals surface area contributed by atoms with Crippen molar-refractivity contribution in [2.75, 3.05) is 7.11 Å². The van der Waals surface area contributed by atoms with Crippen LogP contribution in [0.1, 0.15) is 11.3 Å². The van der Waals surface area contributed by atoms with E-state index in [-0.39, 0.29) is 18.9 Å². The number of non-ortho nitro benzene ring substituents is 1. The molecule has 2 rings (SSSR count). The molecule has 0 spiro atoms. The van der Waals surface area contributed by atoms with Crippen LogP contribution in [0.4, 0.5) is 5.69 Å². The van der Waals surface area contributed by atoms with Gasteiger partial charge in [-0.25, -0.2) is 4.98 Å². The van der Waals surface area contributed by atoms with Gasteiger partial charge in [0.2, 0.25) is 5.88 Å². The van der Waals surface area contributed by atoms with Gasteiger partial charge in [0.15, 0.2) is 0 Å². The standard InChI is InChI=1S/C14H14N2O5/c1-20-14-4-2-3-11(15-14)9-21-13-6-5-12(16(18)19)7-10(13)8-17/h2-7,17H,8-9H2,1H3. The van der Waals surface area contributed by atoms with Crippen molar-refractivity contribution in [2.45, 2.75) is 13.2 Å². The number of aliphatic hydroxyl groups excluding tert-OH is 1. The van der Waals surface area contributed by atoms with Crippen molar-refractivity contribution in [2.24, 2.45) is 0 Å². The minimum Gasteiger partial charge on any atom is -0.487 e. The van der Waals surface area contributed by atoms with Gasteiger partial charge < -0.3 is 14.6 Å². The molecule has 21 heavy (non-hydrogen) atoms. The summed E-state index contributed by atoms with van der Waals surface area (Å²) in [7, 11) is 1.52. The van der Waals surface area contributed by atoms with Crippen LogP contribution >= 0.6 is 0 Å². The van der Waals surface area contributed by atoms with Crippen molar-refractivity contribution in [3.63, 3.8) is 0 Å². The van der Waals surface area contributed by atoms with Crippen LogP contribution in [0.5, 0.6) is 11.6 Å². The molecular formula is C14H14N2O5. The average molecular weight is 290 g/mol. The van der Waals surface area contributed by atoms with Crippen LogP contribution in [0, 0.1) is 10.1 Å². The molecule has 0 atom stereocenters. The van der Waals surface area contributed by atoms with Gasteiger partial charge in [0.05, 0.1) is 24.3 Å². The Kier molecular flexibility index (Phi) is 4.68. The molecule has 1 N–H and O–H groups in total. The predicted octanol–water partition coefficient (Wildman–Crippen LogP) is 2.07. The average Bonchev–Trinajstić information content (AvgIpc) is 2.52. The number of hydrogen-bond donors (Lipinski definition) is 1. The molecule has 1 aromatic heterocycles. The Morgan fingerprint density at radius 2 is 2.14 bits per heavy atom. The Balaban J connectivity index is 2.13. The van der Waals surface area contributed by atoms with Gasteiger partial charge in [-0.05, 0) is 12.1 Å². The van der Waals surface area contributed by atoms with E-state index in [9.17, 15) is 15.2 Å². The molecule has 0 fully saturated rings. The summed E-state index contributed by atoms with van der Waals surface area (Å²) in [5.41, 5.74) is 0.912. The summed E-state index contributed by atoms with van der Waals surface area (Å²) >= 11 is 0. The van der Waals surface area contributed by atoms with Gasteiger partial charge in [-0.1, -0.05) is 6.07 Å². The molecule has 7 nitrogen and oxygen atoms in total. The molecule has 0 unspecified atom stereocenters. The number of aromatic nitrogens is 1. The zero-order chi connectivity index (χ0) is 15.2. The van der Waals surface area contributed by atoms with E-state index in [1.807, 2.05) is 0 Å². The maximum atomic E-state index is 10.7. The van der Waals surface area contributed by atoms with Crippen LogP contribution in [-0.4, -0.2) is 22.1 Å². The molecule has 2 aromatic rings. The molecule has 0 bridgehead atoms. The van der Waals surface area contributed by atoms with Crippen LogP contribution in [0.25, 0.3) is 0 Å². The van der Waals surface area contributed by atoms with Crippen molar-refractivity contribution in [3.05, 3.63) is 57.8 Å². The normalized spacial score (nSPS) is 10.2. The van der Waals surface area contributed by atoms with E-state index >= 15 is 0 Å². The second-order valence-corrected chi connectivity index (χ2v) is 4.17. The van der Waals surface area contributed by atoms with E-state index in [0.717, 1.165) is 0 Å². The Labute approximate surface area is 120 Å². The highest BCUT2D eigenvalue weighted by molar-refractivity contribution is 5.43. The van der Waals surface area contributed by atoms with E-state index in [0.29, 0.717) is 22.9 Å². The lowest BCUT2D eigenvalue weighted by Gasteiger charge is -2.10. The predicted molar refractivity (Wildman–Crippen MR) is 74.1 cm³/mol. The van der Waals surface area contributed by atoms with Gasteiger partial charge in [-0.15, -0.1) is 0 Å². The summed E-state index contributed by atoms with van der Waals surface area (Å²) in [4.78, 5) is 14.4. The summed E-state index contributed by atoms with van der Waals surface area (Å²) in [6.07, 6.45) is 0. The maximum absolute atomic E-state index is 10.7. The molecule has 0 radical (unpaired) electrons. The molecular weight excluding hydrogens is 276 g/mol. The van der Waals surface area contributed by atoms with Crippen molar-refractivity contribution in [3.8, 4) is 11.6 Å². The van der Waals surface area contributed by atoms with E-state index in [2.05, 4.69) is 4.98 Å². The monoisotopic (exact) mass is 290 g/mol. The number of benzene rings is 1. The Hall–Kier alpha value is -2.67. The number of nitro benzene ring substituents is 1. The number of nitrogens with zero attached hydrogens (tertiary/aromatic N) is 2. The zero-order valence-electron chi connectivity index (χ0n) is 11.4. The molecule has 0 aliphatic rings. The van der Waals surface area contributed by atoms with Gasteiger partial charge in [0.25, 0.3) is 5.69 Å². The highest BCUT2D eigenvalue weighted by Crippen LogP contribution is 2.25. The van der Waals surface area contributed by atoms with Gasteiger partial charge in [0, 0.05) is 23.8 Å². The van der Waals surface area contributed by atoms with Crippen LogP contribution in [0.15, 0.2) is 36.4 Å². The molecule has 110 valence electrons. The molecule has 0 saturated heterocycles. The topological polar surface area (TPSA) is 94.7 Å². The van der Waals surface area contributed by atoms with Gasteiger partial charge >= 0.3 is 0 Å². The molecule has 0 aliphatic heterocycles. The third-order valence-corrected chi connectivity index (χ3v) is 2.79. The van der Waals surface area contributed by atoms with E-state index < -0.39 is 4.92 Å². The number of rotatable bonds is 6. The van der Waals surface area contributed by atoms with E-state index in [1.54, 1.807) is 18.2 Å². The summed E-state index contributed by atoms with van der Waals surface area (Å²) in [5, 5.41) is 20.0. The molecule has 1 aromatic carbocycles. The first-order chi connectivity index (χ1) is 10.1. The van der Waals surface area contributed by atoms with Crippen LogP contribution < -0.4 is 9.47 Å². The van der Waals surface area contributed by atoms with E-state index in [1.165, 1.54) is 25.3 Å². The lowest BCUT2D eigenvalue weighted by Crippen LogP contribution is -2.02. The second-order valence-electron chi connectivity index (χ2n) is 4.17. The third kappa shape index (κ3) is 3.67. The van der Waals surface area contributed by atoms with Crippen molar-refractivity contribution in [1.82, 2.24) is 4.98 Å². The first kappa shape index (κ1) is 14.7. The Morgan fingerprint density at radius 1 is 1.33 bits per heavy atom. The number of ether oxygens (including phenoxy) is 2. The quantitative estimate of drug-likeness (QED) is 0.646. The highest BCUT2D eigenvalue weighted by atomic mass is 16.6. The molecule has 1 heterocycles. The maximum Gasteiger partial charge on any atom is 0.270 e. The largest absolute Gasteiger partial charge is 0.487 e. The third-order valence-electron chi connectivity index (χ3n) is 2.79. The number of nitro groups is 1.